The van der Waals surface area contributed by atoms with E-state index in [1.165, 1.54) is 40.3 Å². The smallest absolute Gasteiger partial charge is 0.387 e. The molecule has 202 valence electrons. The van der Waals surface area contributed by atoms with Gasteiger partial charge in [-0.2, -0.15) is 18.3 Å². The van der Waals surface area contributed by atoms with Crippen LogP contribution in [0.15, 0.2) is 34.8 Å². The van der Waals surface area contributed by atoms with E-state index >= 15 is 0 Å². The molecule has 0 N–H and O–H groups in total. The number of carbonyl (C=O) groups is 1. The maximum Gasteiger partial charge on any atom is 0.394 e. The molecule has 0 radical (unpaired) electrons. The monoisotopic (exact) mass is 553 g/mol. The summed E-state index contributed by atoms with van der Waals surface area (Å²) in [6.07, 6.45) is -4.77. The van der Waals surface area contributed by atoms with Crippen LogP contribution in [0.2, 0.25) is 0 Å². The lowest BCUT2D eigenvalue weighted by molar-refractivity contribution is -0.133. The van der Waals surface area contributed by atoms with Crippen molar-refractivity contribution in [3.8, 4) is 0 Å². The summed E-state index contributed by atoms with van der Waals surface area (Å²) in [6.45, 7) is 2.50. The van der Waals surface area contributed by atoms with Crippen molar-refractivity contribution in [2.24, 2.45) is 5.16 Å². The van der Waals surface area contributed by atoms with Crippen molar-refractivity contribution < 1.29 is 31.6 Å². The molecular weight excluding hydrogens is 529 g/mol. The Bertz CT molecular complexity index is 1340. The van der Waals surface area contributed by atoms with Gasteiger partial charge in [0.05, 0.1) is 28.4 Å². The van der Waals surface area contributed by atoms with Crippen molar-refractivity contribution in [2.45, 2.75) is 57.3 Å². The van der Waals surface area contributed by atoms with Gasteiger partial charge in [-0.3, -0.25) is 9.48 Å². The van der Waals surface area contributed by atoms with Gasteiger partial charge in [0.1, 0.15) is 23.9 Å². The molecule has 0 aliphatic carbocycles. The largest absolute Gasteiger partial charge is 0.394 e. The summed E-state index contributed by atoms with van der Waals surface area (Å²) in [7, 11) is 0. The quantitative estimate of drug-likeness (QED) is 0.389. The number of piperidine rings is 1. The molecule has 38 heavy (non-hydrogen) atoms. The Balaban J connectivity index is 1.15. The highest BCUT2D eigenvalue weighted by molar-refractivity contribution is 7.10. The van der Waals surface area contributed by atoms with E-state index in [0.717, 1.165) is 5.01 Å². The maximum absolute atomic E-state index is 14.1. The van der Waals surface area contributed by atoms with E-state index in [0.29, 0.717) is 43.0 Å². The van der Waals surface area contributed by atoms with E-state index in [-0.39, 0.29) is 36.0 Å². The van der Waals surface area contributed by atoms with Crippen LogP contribution in [0.25, 0.3) is 0 Å². The van der Waals surface area contributed by atoms with E-state index in [9.17, 15) is 26.7 Å². The molecular formula is C25H24F5N5O2S. The first-order valence-corrected chi connectivity index (χ1v) is 13.0. The minimum absolute atomic E-state index is 0.108. The van der Waals surface area contributed by atoms with Gasteiger partial charge in [0.2, 0.25) is 5.91 Å². The van der Waals surface area contributed by atoms with Crippen molar-refractivity contribution >= 4 is 23.0 Å². The van der Waals surface area contributed by atoms with Crippen molar-refractivity contribution in [1.82, 2.24) is 19.7 Å². The molecule has 2 aromatic heterocycles. The van der Waals surface area contributed by atoms with Gasteiger partial charge in [0.15, 0.2) is 6.10 Å². The molecule has 0 spiro atoms. The zero-order chi connectivity index (χ0) is 27.0. The molecule has 2 aliphatic heterocycles. The van der Waals surface area contributed by atoms with Crippen molar-refractivity contribution in [2.75, 3.05) is 13.1 Å². The van der Waals surface area contributed by atoms with Gasteiger partial charge >= 0.3 is 6.18 Å². The number of benzene rings is 1. The molecule has 7 nitrogen and oxygen atoms in total. The number of carbonyl (C=O) groups excluding carboxylic acids is 1. The molecule has 3 aromatic rings. The predicted molar refractivity (Wildman–Crippen MR) is 129 cm³/mol. The first-order chi connectivity index (χ1) is 18.1. The lowest BCUT2D eigenvalue weighted by Crippen LogP contribution is -2.40. The van der Waals surface area contributed by atoms with Crippen LogP contribution in [0.1, 0.15) is 58.9 Å². The molecule has 2 aliphatic rings. The Morgan fingerprint density at radius 2 is 1.89 bits per heavy atom. The minimum Gasteiger partial charge on any atom is -0.387 e. The molecule has 1 saturated heterocycles. The molecule has 5 rings (SSSR count). The number of rotatable bonds is 6. The zero-order valence-electron chi connectivity index (χ0n) is 20.3. The lowest BCUT2D eigenvalue weighted by Gasteiger charge is -2.31. The molecule has 4 heterocycles. The van der Waals surface area contributed by atoms with E-state index in [4.69, 9.17) is 4.84 Å². The van der Waals surface area contributed by atoms with E-state index < -0.39 is 30.3 Å². The van der Waals surface area contributed by atoms with Crippen molar-refractivity contribution in [3.63, 3.8) is 0 Å². The highest BCUT2D eigenvalue weighted by Gasteiger charge is 2.32. The van der Waals surface area contributed by atoms with Gasteiger partial charge in [-0.05, 0) is 38.0 Å². The van der Waals surface area contributed by atoms with E-state index in [2.05, 4.69) is 15.2 Å². The molecule has 1 fully saturated rings. The lowest BCUT2D eigenvalue weighted by atomic mass is 9.97. The van der Waals surface area contributed by atoms with Gasteiger partial charge < -0.3 is 9.74 Å². The summed E-state index contributed by atoms with van der Waals surface area (Å²) in [4.78, 5) is 24.5. The van der Waals surface area contributed by atoms with Crippen LogP contribution < -0.4 is 0 Å². The van der Waals surface area contributed by atoms with Gasteiger partial charge in [0.25, 0.3) is 0 Å². The summed E-state index contributed by atoms with van der Waals surface area (Å²) < 4.78 is 67.5. The number of hydrogen-bond acceptors (Lipinski definition) is 6. The molecule has 1 aromatic carbocycles. The predicted octanol–water partition coefficient (Wildman–Crippen LogP) is 5.30. The van der Waals surface area contributed by atoms with E-state index in [1.807, 2.05) is 5.38 Å². The molecule has 0 saturated carbocycles. The number of thiazole rings is 1. The Morgan fingerprint density at radius 3 is 2.58 bits per heavy atom. The number of oxime groups is 1. The molecule has 0 unspecified atom stereocenters. The Hall–Kier alpha value is -3.35. The van der Waals surface area contributed by atoms with Gasteiger partial charge in [-0.1, -0.05) is 11.2 Å². The Morgan fingerprint density at radius 1 is 1.18 bits per heavy atom. The SMILES string of the molecule is Cc1cc(CC(F)(F)F)nn1CC(=O)N1CCC(c2nc(C3=NO[C@H](c4c(F)cccc4F)C3)cs2)CC1. The second-order valence-electron chi connectivity index (χ2n) is 9.42. The minimum atomic E-state index is -4.36. The van der Waals surface area contributed by atoms with Crippen LogP contribution in [-0.4, -0.2) is 50.5 Å². The summed E-state index contributed by atoms with van der Waals surface area (Å²) >= 11 is 1.46. The van der Waals surface area contributed by atoms with Gasteiger partial charge in [0, 0.05) is 36.5 Å². The Labute approximate surface area is 218 Å². The summed E-state index contributed by atoms with van der Waals surface area (Å²) in [6, 6.07) is 5.00. The number of hydrogen-bond donors (Lipinski definition) is 0. The van der Waals surface area contributed by atoms with Crippen LogP contribution >= 0.6 is 11.3 Å². The van der Waals surface area contributed by atoms with Gasteiger partial charge in [-0.25, -0.2) is 13.8 Å². The fourth-order valence-corrected chi connectivity index (χ4v) is 5.74. The number of likely N-dealkylation sites (tertiary alicyclic amines) is 1. The van der Waals surface area contributed by atoms with Crippen LogP contribution in [0.3, 0.4) is 0 Å². The Kier molecular flexibility index (Phi) is 7.21. The number of alkyl halides is 3. The fourth-order valence-electron chi connectivity index (χ4n) is 4.74. The number of amides is 1. The van der Waals surface area contributed by atoms with Crippen molar-refractivity contribution in [1.29, 1.82) is 0 Å². The topological polar surface area (TPSA) is 72.6 Å². The van der Waals surface area contributed by atoms with Crippen LogP contribution in [0, 0.1) is 18.6 Å². The van der Waals surface area contributed by atoms with E-state index in [1.54, 1.807) is 11.8 Å². The first kappa shape index (κ1) is 26.3. The van der Waals surface area contributed by atoms with Crippen LogP contribution in [0.4, 0.5) is 22.0 Å². The third-order valence-corrected chi connectivity index (χ3v) is 7.71. The number of nitrogens with zero attached hydrogens (tertiary/aromatic N) is 5. The first-order valence-electron chi connectivity index (χ1n) is 12.1. The maximum atomic E-state index is 14.1. The average molecular weight is 554 g/mol. The highest BCUT2D eigenvalue weighted by Crippen LogP contribution is 2.35. The highest BCUT2D eigenvalue weighted by atomic mass is 32.1. The normalized spacial score (nSPS) is 18.5. The standard InChI is InChI=1S/C25H24F5N5O2S/c1-14-9-16(11-25(28,29)30)32-35(14)12-22(36)34-7-5-15(6-8-34)24-31-20(13-38-24)19-10-21(37-33-19)23-17(26)3-2-4-18(23)27/h2-4,9,13,15,21H,5-8,10-12H2,1H3/t21-/m0/s1. The fraction of sp³-hybridized carbons (Fsp3) is 0.440. The molecule has 1 amide bonds. The third kappa shape index (κ3) is 5.71. The summed E-state index contributed by atoms with van der Waals surface area (Å²) in [5, 5.41) is 10.7. The molecule has 1 atom stereocenters. The summed E-state index contributed by atoms with van der Waals surface area (Å²) in [5.41, 5.74) is 1.37. The number of aryl methyl sites for hydroxylation is 1. The second-order valence-corrected chi connectivity index (χ2v) is 10.3. The molecule has 0 bridgehead atoms. The second kappa shape index (κ2) is 10.4. The third-order valence-electron chi connectivity index (χ3n) is 6.70. The van der Waals surface area contributed by atoms with Crippen LogP contribution in [-0.2, 0) is 22.6 Å². The number of halogens is 5. The average Bonchev–Trinajstić information content (AvgIpc) is 3.59. The number of aromatic nitrogens is 3. The summed E-state index contributed by atoms with van der Waals surface area (Å²) in [5.74, 6) is -1.44. The zero-order valence-corrected chi connectivity index (χ0v) is 21.2. The molecule has 13 heteroatoms. The van der Waals surface area contributed by atoms with Crippen molar-refractivity contribution in [3.05, 3.63) is 68.9 Å². The van der Waals surface area contributed by atoms with Gasteiger partial charge in [-0.15, -0.1) is 11.3 Å². The van der Waals surface area contributed by atoms with Crippen LogP contribution in [0.5, 0.6) is 0 Å².